The van der Waals surface area contributed by atoms with E-state index < -0.39 is 17.3 Å². The van der Waals surface area contributed by atoms with E-state index in [1.54, 1.807) is 13.0 Å². The fraction of sp³-hybridized carbons (Fsp3) is 0.593. The summed E-state index contributed by atoms with van der Waals surface area (Å²) < 4.78 is 2.66. The molecule has 2 saturated heterocycles. The van der Waals surface area contributed by atoms with Crippen LogP contribution < -0.4 is 10.9 Å². The number of aromatic hydroxyl groups is 1. The molecule has 3 fully saturated rings. The number of amides is 3. The highest BCUT2D eigenvalue weighted by atomic mass is 16.3. The van der Waals surface area contributed by atoms with Crippen LogP contribution in [0.3, 0.4) is 0 Å². The van der Waals surface area contributed by atoms with E-state index >= 15 is 0 Å². The first-order valence-electron chi connectivity index (χ1n) is 13.5. The maximum Gasteiger partial charge on any atom is 0.291 e. The van der Waals surface area contributed by atoms with Gasteiger partial charge in [-0.25, -0.2) is 0 Å². The first-order chi connectivity index (χ1) is 18.1. The molecule has 5 rings (SSSR count). The molecule has 2 aliphatic heterocycles. The fourth-order valence-corrected chi connectivity index (χ4v) is 5.84. The van der Waals surface area contributed by atoms with Gasteiger partial charge in [0.05, 0.1) is 6.20 Å². The lowest BCUT2D eigenvalue weighted by Gasteiger charge is -2.44. The summed E-state index contributed by atoms with van der Waals surface area (Å²) in [4.78, 5) is 54.9. The number of piperidine rings is 1. The van der Waals surface area contributed by atoms with Gasteiger partial charge in [0.15, 0.2) is 5.56 Å². The van der Waals surface area contributed by atoms with Crippen molar-refractivity contribution in [1.29, 1.82) is 0 Å². The lowest BCUT2D eigenvalue weighted by atomic mass is 9.85. The van der Waals surface area contributed by atoms with Crippen molar-refractivity contribution < 1.29 is 19.5 Å². The smallest absolute Gasteiger partial charge is 0.291 e. The van der Waals surface area contributed by atoms with E-state index in [1.165, 1.54) is 16.8 Å². The van der Waals surface area contributed by atoms with Gasteiger partial charge in [-0.3, -0.25) is 23.7 Å². The molecule has 0 unspecified atom stereocenters. The minimum atomic E-state index is -0.697. The predicted octanol–water partition coefficient (Wildman–Crippen LogP) is 1.77. The second kappa shape index (κ2) is 9.92. The van der Waals surface area contributed by atoms with Crippen molar-refractivity contribution in [2.24, 2.45) is 5.92 Å². The molecule has 11 nitrogen and oxygen atoms in total. The van der Waals surface area contributed by atoms with Gasteiger partial charge in [-0.1, -0.05) is 13.8 Å². The van der Waals surface area contributed by atoms with E-state index in [0.717, 1.165) is 43.0 Å². The third-order valence-corrected chi connectivity index (χ3v) is 8.01. The van der Waals surface area contributed by atoms with Crippen molar-refractivity contribution in [3.63, 3.8) is 0 Å². The molecule has 0 aromatic carbocycles. The third-order valence-electron chi connectivity index (χ3n) is 8.01. The predicted molar refractivity (Wildman–Crippen MR) is 141 cm³/mol. The van der Waals surface area contributed by atoms with Crippen LogP contribution in [0, 0.1) is 5.92 Å². The van der Waals surface area contributed by atoms with Gasteiger partial charge in [0.25, 0.3) is 11.5 Å². The van der Waals surface area contributed by atoms with Crippen LogP contribution in [-0.4, -0.2) is 78.0 Å². The van der Waals surface area contributed by atoms with Gasteiger partial charge >= 0.3 is 0 Å². The maximum atomic E-state index is 13.4. The quantitative estimate of drug-likeness (QED) is 0.554. The van der Waals surface area contributed by atoms with Gasteiger partial charge in [-0.2, -0.15) is 9.61 Å². The first kappa shape index (κ1) is 26.0. The van der Waals surface area contributed by atoms with Crippen LogP contribution in [0.25, 0.3) is 11.7 Å². The Balaban J connectivity index is 1.45. The zero-order valence-corrected chi connectivity index (χ0v) is 22.3. The van der Waals surface area contributed by atoms with Gasteiger partial charge in [0, 0.05) is 56.3 Å². The highest BCUT2D eigenvalue weighted by Gasteiger charge is 2.45. The SMILES string of the molecule is CC(=O)N1CCC2(CCCN2C(=O)/C=C/c2cnn3c(=O)c(C(=O)NC4CC4)c(O)n(CC(C)C)c23)CC1. The minimum Gasteiger partial charge on any atom is -0.494 e. The Kier molecular flexibility index (Phi) is 6.79. The zero-order valence-electron chi connectivity index (χ0n) is 22.3. The summed E-state index contributed by atoms with van der Waals surface area (Å²) >= 11 is 0. The minimum absolute atomic E-state index is 0.0289. The summed E-state index contributed by atoms with van der Waals surface area (Å²) in [5.74, 6) is -0.961. The van der Waals surface area contributed by atoms with Gasteiger partial charge < -0.3 is 20.2 Å². The average Bonchev–Trinajstić information content (AvgIpc) is 3.43. The van der Waals surface area contributed by atoms with Crippen molar-refractivity contribution in [2.45, 2.75) is 77.4 Å². The number of rotatable bonds is 6. The van der Waals surface area contributed by atoms with Crippen LogP contribution >= 0.6 is 0 Å². The molecule has 3 amide bonds. The molecule has 4 heterocycles. The molecule has 0 radical (unpaired) electrons. The Bertz CT molecular complexity index is 1360. The zero-order chi connectivity index (χ0) is 27.2. The maximum absolute atomic E-state index is 13.4. The van der Waals surface area contributed by atoms with Gasteiger partial charge in [0.1, 0.15) is 5.65 Å². The van der Waals surface area contributed by atoms with Gasteiger partial charge in [0.2, 0.25) is 17.7 Å². The molecule has 2 aromatic rings. The summed E-state index contributed by atoms with van der Waals surface area (Å²) in [6, 6.07) is 0.0289. The number of carbonyl (C=O) groups is 3. The molecule has 2 N–H and O–H groups in total. The van der Waals surface area contributed by atoms with E-state index in [2.05, 4.69) is 10.4 Å². The van der Waals surface area contributed by atoms with Crippen LogP contribution in [0.15, 0.2) is 17.1 Å². The largest absolute Gasteiger partial charge is 0.494 e. The third kappa shape index (κ3) is 4.69. The number of nitrogens with zero attached hydrogens (tertiary/aromatic N) is 5. The summed E-state index contributed by atoms with van der Waals surface area (Å²) in [7, 11) is 0. The van der Waals surface area contributed by atoms with Crippen LogP contribution in [0.2, 0.25) is 0 Å². The Morgan fingerprint density at radius 3 is 2.53 bits per heavy atom. The van der Waals surface area contributed by atoms with Crippen LogP contribution in [0.4, 0.5) is 0 Å². The van der Waals surface area contributed by atoms with Crippen LogP contribution in [0.1, 0.15) is 75.2 Å². The molecule has 0 bridgehead atoms. The highest BCUT2D eigenvalue weighted by Crippen LogP contribution is 2.38. The molecule has 1 spiro atoms. The number of fused-ring (bicyclic) bond motifs is 1. The standard InChI is InChI=1S/C27H36N6O5/c1-17(2)16-31-24-19(15-28-33(24)26(38)22(25(31)37)23(36)29-20-6-7-20)5-8-21(35)32-12-4-9-27(32)10-13-30(14-11-27)18(3)34/h5,8,15,17,20,37H,4,6-7,9-14,16H2,1-3H3,(H,29,36)/b8-5+. The van der Waals surface area contributed by atoms with Gasteiger partial charge in [-0.15, -0.1) is 0 Å². The van der Waals surface area contributed by atoms with Crippen molar-refractivity contribution in [1.82, 2.24) is 29.3 Å². The fourth-order valence-electron chi connectivity index (χ4n) is 5.84. The van der Waals surface area contributed by atoms with Crippen molar-refractivity contribution in [3.8, 4) is 5.88 Å². The van der Waals surface area contributed by atoms with Gasteiger partial charge in [-0.05, 0) is 50.5 Å². The molecule has 38 heavy (non-hydrogen) atoms. The lowest BCUT2D eigenvalue weighted by molar-refractivity contribution is -0.135. The van der Waals surface area contributed by atoms with Crippen molar-refractivity contribution in [3.05, 3.63) is 33.8 Å². The van der Waals surface area contributed by atoms with E-state index in [0.29, 0.717) is 37.4 Å². The van der Waals surface area contributed by atoms with E-state index in [1.807, 2.05) is 23.6 Å². The lowest BCUT2D eigenvalue weighted by Crippen LogP contribution is -2.54. The second-order valence-electron chi connectivity index (χ2n) is 11.2. The number of carbonyl (C=O) groups excluding carboxylic acids is 3. The van der Waals surface area contributed by atoms with E-state index in [9.17, 15) is 24.3 Å². The summed E-state index contributed by atoms with van der Waals surface area (Å²) in [5, 5.41) is 18.1. The number of hydrogen-bond acceptors (Lipinski definition) is 6. The molecule has 3 aliphatic rings. The highest BCUT2D eigenvalue weighted by molar-refractivity contribution is 5.97. The van der Waals surface area contributed by atoms with E-state index in [-0.39, 0.29) is 34.9 Å². The van der Waals surface area contributed by atoms with Crippen molar-refractivity contribution >= 4 is 29.4 Å². The molecule has 1 aliphatic carbocycles. The molecule has 11 heteroatoms. The number of likely N-dealkylation sites (tertiary alicyclic amines) is 2. The Labute approximate surface area is 221 Å². The summed E-state index contributed by atoms with van der Waals surface area (Å²) in [6.45, 7) is 7.82. The molecule has 0 atom stereocenters. The topological polar surface area (TPSA) is 129 Å². The summed E-state index contributed by atoms with van der Waals surface area (Å²) in [5.41, 5.74) is -0.427. The Morgan fingerprint density at radius 2 is 1.89 bits per heavy atom. The summed E-state index contributed by atoms with van der Waals surface area (Å²) in [6.07, 6.45) is 9.67. The number of aromatic nitrogens is 3. The number of nitrogens with one attached hydrogen (secondary N) is 1. The molecule has 2 aromatic heterocycles. The normalized spacial score (nSPS) is 19.3. The average molecular weight is 525 g/mol. The Hall–Kier alpha value is -3.63. The molecular weight excluding hydrogens is 488 g/mol. The Morgan fingerprint density at radius 1 is 1.18 bits per heavy atom. The molecular formula is C27H36N6O5. The van der Waals surface area contributed by atoms with Crippen LogP contribution in [0.5, 0.6) is 5.88 Å². The number of hydrogen-bond donors (Lipinski definition) is 2. The van der Waals surface area contributed by atoms with Crippen molar-refractivity contribution in [2.75, 3.05) is 19.6 Å². The second-order valence-corrected chi connectivity index (χ2v) is 11.2. The van der Waals surface area contributed by atoms with Crippen LogP contribution in [-0.2, 0) is 16.1 Å². The van der Waals surface area contributed by atoms with E-state index in [4.69, 9.17) is 0 Å². The first-order valence-corrected chi connectivity index (χ1v) is 13.5. The molecule has 204 valence electrons. The monoisotopic (exact) mass is 524 g/mol. The molecule has 1 saturated carbocycles.